The molecule has 0 aromatic rings. The van der Waals surface area contributed by atoms with Gasteiger partial charge in [0.2, 0.25) is 0 Å². The van der Waals surface area contributed by atoms with Crippen LogP contribution < -0.4 is 0 Å². The van der Waals surface area contributed by atoms with Crippen LogP contribution in [0.15, 0.2) is 0 Å². The Morgan fingerprint density at radius 2 is 1.69 bits per heavy atom. The van der Waals surface area contributed by atoms with Crippen molar-refractivity contribution in [2.45, 2.75) is 65.0 Å². The lowest BCUT2D eigenvalue weighted by Gasteiger charge is -2.36. The van der Waals surface area contributed by atoms with E-state index < -0.39 is 0 Å². The first kappa shape index (κ1) is 12.1. The van der Waals surface area contributed by atoms with Gasteiger partial charge < -0.3 is 4.90 Å². The summed E-state index contributed by atoms with van der Waals surface area (Å²) < 4.78 is 0. The number of rotatable bonds is 2. The van der Waals surface area contributed by atoms with Crippen molar-refractivity contribution in [1.29, 1.82) is 0 Å². The lowest BCUT2D eigenvalue weighted by Crippen LogP contribution is -2.42. The predicted octanol–water partition coefficient (Wildman–Crippen LogP) is 2.86. The van der Waals surface area contributed by atoms with Gasteiger partial charge in [-0.3, -0.25) is 4.79 Å². The molecule has 0 aromatic heterocycles. The SMILES string of the molecule is CN1C2CCC1CC(C(=O)CC(C)(C)C)C2. The first-order chi connectivity index (χ1) is 7.37. The molecule has 2 fully saturated rings. The molecule has 2 heterocycles. The lowest BCUT2D eigenvalue weighted by molar-refractivity contribution is -0.126. The van der Waals surface area contributed by atoms with Gasteiger partial charge in [0.25, 0.3) is 0 Å². The molecule has 0 N–H and O–H groups in total. The molecule has 0 spiro atoms. The smallest absolute Gasteiger partial charge is 0.136 e. The third-order valence-corrected chi connectivity index (χ3v) is 4.26. The fourth-order valence-electron chi connectivity index (χ4n) is 3.34. The molecular formula is C14H25NO. The Morgan fingerprint density at radius 1 is 1.19 bits per heavy atom. The molecule has 2 unspecified atom stereocenters. The van der Waals surface area contributed by atoms with Crippen molar-refractivity contribution < 1.29 is 4.79 Å². The van der Waals surface area contributed by atoms with Crippen LogP contribution in [0, 0.1) is 11.3 Å². The summed E-state index contributed by atoms with van der Waals surface area (Å²) in [5.74, 6) is 0.866. The van der Waals surface area contributed by atoms with Gasteiger partial charge >= 0.3 is 0 Å². The summed E-state index contributed by atoms with van der Waals surface area (Å²) in [6.45, 7) is 6.48. The zero-order chi connectivity index (χ0) is 11.9. The van der Waals surface area contributed by atoms with Crippen LogP contribution in [-0.4, -0.2) is 29.8 Å². The molecule has 2 bridgehead atoms. The fraction of sp³-hybridized carbons (Fsp3) is 0.929. The number of Topliss-reactive ketones (excluding diaryl/α,β-unsaturated/α-hetero) is 1. The van der Waals surface area contributed by atoms with Crippen molar-refractivity contribution >= 4 is 5.78 Å². The maximum absolute atomic E-state index is 12.2. The van der Waals surface area contributed by atoms with Gasteiger partial charge in [-0.2, -0.15) is 0 Å². The van der Waals surface area contributed by atoms with Gasteiger partial charge in [-0.15, -0.1) is 0 Å². The fourth-order valence-corrected chi connectivity index (χ4v) is 3.34. The average Bonchev–Trinajstić information content (AvgIpc) is 2.38. The van der Waals surface area contributed by atoms with Crippen LogP contribution in [0.2, 0.25) is 0 Å². The van der Waals surface area contributed by atoms with Crippen molar-refractivity contribution in [3.63, 3.8) is 0 Å². The van der Waals surface area contributed by atoms with E-state index >= 15 is 0 Å². The second kappa shape index (κ2) is 4.14. The van der Waals surface area contributed by atoms with E-state index in [2.05, 4.69) is 32.7 Å². The van der Waals surface area contributed by atoms with Crippen LogP contribution >= 0.6 is 0 Å². The Labute approximate surface area is 99.4 Å². The lowest BCUT2D eigenvalue weighted by atomic mass is 9.80. The summed E-state index contributed by atoms with van der Waals surface area (Å²) in [6.07, 6.45) is 5.59. The minimum atomic E-state index is 0.152. The van der Waals surface area contributed by atoms with E-state index in [9.17, 15) is 4.79 Å². The van der Waals surface area contributed by atoms with Crippen LogP contribution in [0.4, 0.5) is 0 Å². The van der Waals surface area contributed by atoms with Crippen LogP contribution in [0.25, 0.3) is 0 Å². The average molecular weight is 223 g/mol. The maximum Gasteiger partial charge on any atom is 0.136 e. The topological polar surface area (TPSA) is 20.3 Å². The summed E-state index contributed by atoms with van der Waals surface area (Å²) >= 11 is 0. The first-order valence-corrected chi connectivity index (χ1v) is 6.61. The molecule has 2 atom stereocenters. The normalized spacial score (nSPS) is 35.4. The number of hydrogen-bond donors (Lipinski definition) is 0. The zero-order valence-corrected chi connectivity index (χ0v) is 11.1. The highest BCUT2D eigenvalue weighted by Gasteiger charge is 2.41. The number of piperidine rings is 1. The van der Waals surface area contributed by atoms with Crippen molar-refractivity contribution in [3.05, 3.63) is 0 Å². The third kappa shape index (κ3) is 2.48. The van der Waals surface area contributed by atoms with Crippen molar-refractivity contribution in [2.24, 2.45) is 11.3 Å². The molecule has 2 saturated heterocycles. The van der Waals surface area contributed by atoms with Crippen LogP contribution in [0.1, 0.15) is 52.9 Å². The standard InChI is InChI=1S/C14H25NO/c1-14(2,3)9-13(16)10-7-11-5-6-12(8-10)15(11)4/h10-12H,5-9H2,1-4H3. The molecule has 2 rings (SSSR count). The Kier molecular flexibility index (Phi) is 3.13. The number of nitrogens with zero attached hydrogens (tertiary/aromatic N) is 1. The van der Waals surface area contributed by atoms with E-state index in [0.29, 0.717) is 23.8 Å². The molecular weight excluding hydrogens is 198 g/mol. The minimum absolute atomic E-state index is 0.152. The molecule has 0 radical (unpaired) electrons. The van der Waals surface area contributed by atoms with Crippen molar-refractivity contribution in [2.75, 3.05) is 7.05 Å². The Bertz CT molecular complexity index is 265. The van der Waals surface area contributed by atoms with E-state index in [-0.39, 0.29) is 5.41 Å². The quantitative estimate of drug-likeness (QED) is 0.717. The molecule has 2 aliphatic heterocycles. The highest BCUT2D eigenvalue weighted by Crippen LogP contribution is 2.39. The zero-order valence-electron chi connectivity index (χ0n) is 11.1. The van der Waals surface area contributed by atoms with Crippen molar-refractivity contribution in [1.82, 2.24) is 4.90 Å². The van der Waals surface area contributed by atoms with Gasteiger partial charge in [0.1, 0.15) is 5.78 Å². The third-order valence-electron chi connectivity index (χ3n) is 4.26. The number of ketones is 1. The van der Waals surface area contributed by atoms with Gasteiger partial charge in [-0.05, 0) is 38.1 Å². The van der Waals surface area contributed by atoms with Gasteiger partial charge in [-0.1, -0.05) is 20.8 Å². The van der Waals surface area contributed by atoms with E-state index in [1.165, 1.54) is 12.8 Å². The number of carbonyl (C=O) groups excluding carboxylic acids is 1. The summed E-state index contributed by atoms with van der Waals surface area (Å²) in [5, 5.41) is 0. The molecule has 2 aliphatic rings. The summed E-state index contributed by atoms with van der Waals surface area (Å²) in [5.41, 5.74) is 0.152. The van der Waals surface area contributed by atoms with Gasteiger partial charge in [-0.25, -0.2) is 0 Å². The molecule has 0 aromatic carbocycles. The highest BCUT2D eigenvalue weighted by molar-refractivity contribution is 5.81. The maximum atomic E-state index is 12.2. The summed E-state index contributed by atoms with van der Waals surface area (Å²) in [6, 6.07) is 1.38. The van der Waals surface area contributed by atoms with Crippen LogP contribution in [0.5, 0.6) is 0 Å². The predicted molar refractivity (Wildman–Crippen MR) is 66.4 cm³/mol. The van der Waals surface area contributed by atoms with Crippen LogP contribution in [-0.2, 0) is 4.79 Å². The molecule has 0 amide bonds. The molecule has 2 heteroatoms. The highest BCUT2D eigenvalue weighted by atomic mass is 16.1. The summed E-state index contributed by atoms with van der Waals surface area (Å²) in [7, 11) is 2.23. The van der Waals surface area contributed by atoms with E-state index in [4.69, 9.17) is 0 Å². The van der Waals surface area contributed by atoms with Gasteiger partial charge in [0.15, 0.2) is 0 Å². The van der Waals surface area contributed by atoms with E-state index in [1.807, 2.05) is 0 Å². The molecule has 92 valence electrons. The molecule has 2 nitrogen and oxygen atoms in total. The molecule has 16 heavy (non-hydrogen) atoms. The summed E-state index contributed by atoms with van der Waals surface area (Å²) in [4.78, 5) is 14.7. The first-order valence-electron chi connectivity index (χ1n) is 6.61. The Morgan fingerprint density at radius 3 is 2.12 bits per heavy atom. The van der Waals surface area contributed by atoms with Crippen LogP contribution in [0.3, 0.4) is 0 Å². The Hall–Kier alpha value is -0.370. The largest absolute Gasteiger partial charge is 0.300 e. The van der Waals surface area contributed by atoms with Gasteiger partial charge in [0.05, 0.1) is 0 Å². The number of fused-ring (bicyclic) bond motifs is 2. The second-order valence-corrected chi connectivity index (χ2v) is 6.92. The van der Waals surface area contributed by atoms with Crippen molar-refractivity contribution in [3.8, 4) is 0 Å². The number of carbonyl (C=O) groups is 1. The second-order valence-electron chi connectivity index (χ2n) is 6.92. The van der Waals surface area contributed by atoms with Gasteiger partial charge in [0, 0.05) is 24.4 Å². The van der Waals surface area contributed by atoms with E-state index in [1.54, 1.807) is 0 Å². The minimum Gasteiger partial charge on any atom is -0.300 e. The number of hydrogen-bond acceptors (Lipinski definition) is 2. The monoisotopic (exact) mass is 223 g/mol. The Balaban J connectivity index is 1.95. The molecule has 0 aliphatic carbocycles. The molecule has 0 saturated carbocycles. The van der Waals surface area contributed by atoms with E-state index in [0.717, 1.165) is 19.3 Å².